The number of rotatable bonds is 10. The first-order valence-electron chi connectivity index (χ1n) is 11.1. The van der Waals surface area contributed by atoms with Crippen molar-refractivity contribution in [1.29, 1.82) is 0 Å². The molecule has 0 aliphatic rings. The monoisotopic (exact) mass is 424 g/mol. The number of aryl methyl sites for hydroxylation is 3. The van der Waals surface area contributed by atoms with Gasteiger partial charge in [0.05, 0.1) is 0 Å². The normalized spacial score (nSPS) is 12.7. The van der Waals surface area contributed by atoms with Gasteiger partial charge in [0.25, 0.3) is 5.91 Å². The van der Waals surface area contributed by atoms with E-state index in [-0.39, 0.29) is 24.5 Å². The average Bonchev–Trinajstić information content (AvgIpc) is 2.74. The van der Waals surface area contributed by atoms with Gasteiger partial charge in [-0.05, 0) is 69.4 Å². The van der Waals surface area contributed by atoms with E-state index in [9.17, 15) is 9.59 Å². The van der Waals surface area contributed by atoms with Crippen LogP contribution in [-0.4, -0.2) is 35.4 Å². The zero-order chi connectivity index (χ0) is 23.0. The minimum absolute atomic E-state index is 0.0595. The molecule has 0 aromatic heterocycles. The highest BCUT2D eigenvalue weighted by Gasteiger charge is 2.29. The molecule has 5 nitrogen and oxygen atoms in total. The summed E-state index contributed by atoms with van der Waals surface area (Å²) in [5.74, 6) is 0.332. The molecule has 5 heteroatoms. The first kappa shape index (κ1) is 24.4. The maximum Gasteiger partial charge on any atom is 0.261 e. The van der Waals surface area contributed by atoms with Crippen molar-refractivity contribution in [2.75, 3.05) is 6.61 Å². The molecule has 0 saturated carbocycles. The van der Waals surface area contributed by atoms with E-state index in [1.165, 1.54) is 5.56 Å². The zero-order valence-electron chi connectivity index (χ0n) is 19.7. The number of amides is 2. The Morgan fingerprint density at radius 3 is 2.35 bits per heavy atom. The molecular formula is C26H36N2O3. The lowest BCUT2D eigenvalue weighted by atomic mass is 10.1. The Balaban J connectivity index is 2.22. The fourth-order valence-electron chi connectivity index (χ4n) is 3.40. The van der Waals surface area contributed by atoms with Crippen molar-refractivity contribution in [3.63, 3.8) is 0 Å². The molecule has 2 atom stereocenters. The van der Waals surface area contributed by atoms with Gasteiger partial charge in [-0.15, -0.1) is 0 Å². The number of benzene rings is 2. The van der Waals surface area contributed by atoms with Crippen LogP contribution >= 0.6 is 0 Å². The van der Waals surface area contributed by atoms with Crippen molar-refractivity contribution in [3.8, 4) is 5.75 Å². The molecule has 0 heterocycles. The van der Waals surface area contributed by atoms with Crippen molar-refractivity contribution < 1.29 is 14.3 Å². The number of carbonyl (C=O) groups excluding carboxylic acids is 2. The van der Waals surface area contributed by atoms with Gasteiger partial charge in [0, 0.05) is 12.6 Å². The number of ether oxygens (including phenoxy) is 1. The Kier molecular flexibility index (Phi) is 9.10. The lowest BCUT2D eigenvalue weighted by Gasteiger charge is -2.31. The van der Waals surface area contributed by atoms with E-state index in [0.717, 1.165) is 23.1 Å². The molecule has 0 saturated heterocycles. The molecule has 2 aromatic rings. The molecule has 31 heavy (non-hydrogen) atoms. The second kappa shape index (κ2) is 11.5. The largest absolute Gasteiger partial charge is 0.484 e. The summed E-state index contributed by atoms with van der Waals surface area (Å²) >= 11 is 0. The van der Waals surface area contributed by atoms with Crippen LogP contribution in [0.5, 0.6) is 5.75 Å². The highest BCUT2D eigenvalue weighted by Crippen LogP contribution is 2.18. The Hall–Kier alpha value is -2.82. The average molecular weight is 425 g/mol. The summed E-state index contributed by atoms with van der Waals surface area (Å²) in [6, 6.07) is 13.3. The van der Waals surface area contributed by atoms with E-state index < -0.39 is 6.04 Å². The molecule has 1 N–H and O–H groups in total. The predicted octanol–water partition coefficient (Wildman–Crippen LogP) is 4.71. The summed E-state index contributed by atoms with van der Waals surface area (Å²) < 4.78 is 5.80. The van der Waals surface area contributed by atoms with Crippen LogP contribution in [0.3, 0.4) is 0 Å². The van der Waals surface area contributed by atoms with Gasteiger partial charge in [0.1, 0.15) is 11.8 Å². The minimum atomic E-state index is -0.551. The fourth-order valence-corrected chi connectivity index (χ4v) is 3.40. The van der Waals surface area contributed by atoms with Gasteiger partial charge in [0.15, 0.2) is 6.61 Å². The number of carbonyl (C=O) groups is 2. The molecule has 0 unspecified atom stereocenters. The van der Waals surface area contributed by atoms with E-state index >= 15 is 0 Å². The quantitative estimate of drug-likeness (QED) is 0.601. The standard InChI is InChI=1S/C26H36N2O3/c1-7-21(6)27-26(30)24(8-2)28(16-22-11-9-10-18(3)14-22)25(29)17-31-23-13-12-19(4)20(5)15-23/h9-15,21,24H,7-8,16-17H2,1-6H3,(H,27,30)/t21-,24+/m1/s1. The Morgan fingerprint density at radius 1 is 1.00 bits per heavy atom. The van der Waals surface area contributed by atoms with Crippen LogP contribution in [0, 0.1) is 20.8 Å². The third kappa shape index (κ3) is 7.12. The van der Waals surface area contributed by atoms with Gasteiger partial charge in [-0.25, -0.2) is 0 Å². The maximum absolute atomic E-state index is 13.2. The molecule has 2 rings (SSSR count). The van der Waals surface area contributed by atoms with E-state index in [2.05, 4.69) is 5.32 Å². The lowest BCUT2D eigenvalue weighted by molar-refractivity contribution is -0.143. The summed E-state index contributed by atoms with van der Waals surface area (Å²) in [4.78, 5) is 27.8. The van der Waals surface area contributed by atoms with E-state index in [4.69, 9.17) is 4.74 Å². The Morgan fingerprint density at radius 2 is 1.74 bits per heavy atom. The first-order valence-corrected chi connectivity index (χ1v) is 11.1. The minimum Gasteiger partial charge on any atom is -0.484 e. The second-order valence-corrected chi connectivity index (χ2v) is 8.29. The van der Waals surface area contributed by atoms with Crippen molar-refractivity contribution in [2.45, 2.75) is 73.0 Å². The van der Waals surface area contributed by atoms with Crippen molar-refractivity contribution in [2.24, 2.45) is 0 Å². The van der Waals surface area contributed by atoms with E-state index in [0.29, 0.717) is 18.7 Å². The van der Waals surface area contributed by atoms with E-state index in [1.807, 2.05) is 84.0 Å². The van der Waals surface area contributed by atoms with Crippen LogP contribution in [0.25, 0.3) is 0 Å². The summed E-state index contributed by atoms with van der Waals surface area (Å²) in [6.45, 7) is 12.3. The molecule has 2 amide bonds. The Bertz CT molecular complexity index is 894. The summed E-state index contributed by atoms with van der Waals surface area (Å²) in [6.07, 6.45) is 1.37. The number of hydrogen-bond acceptors (Lipinski definition) is 3. The molecular weight excluding hydrogens is 388 g/mol. The van der Waals surface area contributed by atoms with Crippen LogP contribution in [0.4, 0.5) is 0 Å². The SMILES string of the molecule is CC[C@@H](C)NC(=O)[C@H](CC)N(Cc1cccc(C)c1)C(=O)COc1ccc(C)c(C)c1. The third-order valence-electron chi connectivity index (χ3n) is 5.66. The van der Waals surface area contributed by atoms with Gasteiger partial charge < -0.3 is 15.0 Å². The van der Waals surface area contributed by atoms with E-state index in [1.54, 1.807) is 4.90 Å². The molecule has 0 radical (unpaired) electrons. The van der Waals surface area contributed by atoms with Crippen LogP contribution in [0.1, 0.15) is 55.9 Å². The third-order valence-corrected chi connectivity index (χ3v) is 5.66. The highest BCUT2D eigenvalue weighted by molar-refractivity contribution is 5.88. The fraction of sp³-hybridized carbons (Fsp3) is 0.462. The van der Waals surface area contributed by atoms with Crippen molar-refractivity contribution in [1.82, 2.24) is 10.2 Å². The molecule has 168 valence electrons. The molecule has 0 aliphatic heterocycles. The molecule has 0 spiro atoms. The first-order chi connectivity index (χ1) is 14.7. The van der Waals surface area contributed by atoms with Crippen LogP contribution in [0.15, 0.2) is 42.5 Å². The molecule has 0 fully saturated rings. The van der Waals surface area contributed by atoms with Gasteiger partial charge in [0.2, 0.25) is 5.91 Å². The summed E-state index contributed by atoms with van der Waals surface area (Å²) in [5.41, 5.74) is 4.40. The van der Waals surface area contributed by atoms with Gasteiger partial charge in [-0.1, -0.05) is 49.7 Å². The van der Waals surface area contributed by atoms with Crippen LogP contribution < -0.4 is 10.1 Å². The highest BCUT2D eigenvalue weighted by atomic mass is 16.5. The van der Waals surface area contributed by atoms with Crippen LogP contribution in [-0.2, 0) is 16.1 Å². The molecule has 0 aliphatic carbocycles. The Labute approximate surface area is 186 Å². The maximum atomic E-state index is 13.2. The predicted molar refractivity (Wildman–Crippen MR) is 125 cm³/mol. The van der Waals surface area contributed by atoms with Gasteiger partial charge in [-0.2, -0.15) is 0 Å². The molecule has 2 aromatic carbocycles. The van der Waals surface area contributed by atoms with Gasteiger partial charge in [-0.3, -0.25) is 9.59 Å². The smallest absolute Gasteiger partial charge is 0.261 e. The lowest BCUT2D eigenvalue weighted by Crippen LogP contribution is -2.51. The summed E-state index contributed by atoms with van der Waals surface area (Å²) in [7, 11) is 0. The van der Waals surface area contributed by atoms with Crippen LogP contribution in [0.2, 0.25) is 0 Å². The van der Waals surface area contributed by atoms with Gasteiger partial charge >= 0.3 is 0 Å². The number of hydrogen-bond donors (Lipinski definition) is 1. The topological polar surface area (TPSA) is 58.6 Å². The van der Waals surface area contributed by atoms with Crippen molar-refractivity contribution in [3.05, 3.63) is 64.7 Å². The molecule has 0 bridgehead atoms. The zero-order valence-corrected chi connectivity index (χ0v) is 19.7. The number of nitrogens with one attached hydrogen (secondary N) is 1. The summed E-state index contributed by atoms with van der Waals surface area (Å²) in [5, 5.41) is 3.03. The van der Waals surface area contributed by atoms with Crippen molar-refractivity contribution >= 4 is 11.8 Å². The number of nitrogens with zero attached hydrogens (tertiary/aromatic N) is 1. The second-order valence-electron chi connectivity index (χ2n) is 8.29.